The summed E-state index contributed by atoms with van der Waals surface area (Å²) in [5, 5.41) is 18.9. The van der Waals surface area contributed by atoms with E-state index in [1.165, 1.54) is 16.5 Å². The number of nitrogens with one attached hydrogen (secondary N) is 4. The maximum Gasteiger partial charge on any atom is 0.127 e. The molecule has 0 amide bonds. The zero-order valence-corrected chi connectivity index (χ0v) is 16.4. The monoisotopic (exact) mass is 397 g/mol. The Labute approximate surface area is 174 Å². The summed E-state index contributed by atoms with van der Waals surface area (Å²) < 4.78 is 0. The van der Waals surface area contributed by atoms with E-state index in [0.717, 1.165) is 47.4 Å². The lowest BCUT2D eigenvalue weighted by Gasteiger charge is -2.10. The van der Waals surface area contributed by atoms with Gasteiger partial charge in [0.1, 0.15) is 11.6 Å². The molecule has 30 heavy (non-hydrogen) atoms. The molecule has 5 N–H and O–H groups in total. The summed E-state index contributed by atoms with van der Waals surface area (Å²) in [7, 11) is 0. The Morgan fingerprint density at radius 3 is 2.80 bits per heavy atom. The minimum absolute atomic E-state index is 0.285. The Balaban J connectivity index is 1.19. The normalized spacial score (nSPS) is 11.2. The number of phenolic OH excluding ortho intramolecular Hbond substituents is 1. The molecule has 0 bridgehead atoms. The van der Waals surface area contributed by atoms with Crippen molar-refractivity contribution >= 4 is 33.3 Å². The number of aromatic hydroxyl groups is 1. The molecule has 5 aromatic rings. The van der Waals surface area contributed by atoms with Crippen molar-refractivity contribution in [1.82, 2.24) is 15.0 Å². The average Bonchev–Trinajstić information content (AvgIpc) is 3.39. The SMILES string of the molecule is Oc1ccc2[nH]cc(CCNc3cc(NCc4ccc5[nH]ccc5c4)ccn3)c2c1. The van der Waals surface area contributed by atoms with Crippen LogP contribution in [0.25, 0.3) is 21.8 Å². The first-order valence-corrected chi connectivity index (χ1v) is 10.0. The van der Waals surface area contributed by atoms with E-state index in [9.17, 15) is 5.11 Å². The minimum atomic E-state index is 0.285. The van der Waals surface area contributed by atoms with Crippen molar-refractivity contribution in [2.24, 2.45) is 0 Å². The first kappa shape index (κ1) is 18.1. The summed E-state index contributed by atoms with van der Waals surface area (Å²) in [4.78, 5) is 10.9. The van der Waals surface area contributed by atoms with E-state index in [4.69, 9.17) is 0 Å². The first-order chi connectivity index (χ1) is 14.7. The van der Waals surface area contributed by atoms with Crippen LogP contribution in [0.15, 0.2) is 73.2 Å². The van der Waals surface area contributed by atoms with Crippen molar-refractivity contribution in [3.05, 3.63) is 84.3 Å². The van der Waals surface area contributed by atoms with Gasteiger partial charge in [0.25, 0.3) is 0 Å². The number of aromatic nitrogens is 3. The molecule has 0 aliphatic carbocycles. The first-order valence-electron chi connectivity index (χ1n) is 10.0. The molecule has 150 valence electrons. The molecule has 6 nitrogen and oxygen atoms in total. The number of hydrogen-bond donors (Lipinski definition) is 5. The smallest absolute Gasteiger partial charge is 0.127 e. The minimum Gasteiger partial charge on any atom is -0.508 e. The number of hydrogen-bond acceptors (Lipinski definition) is 4. The van der Waals surface area contributed by atoms with Gasteiger partial charge in [0.15, 0.2) is 0 Å². The van der Waals surface area contributed by atoms with Gasteiger partial charge in [-0.05, 0) is 65.4 Å². The molecule has 0 unspecified atom stereocenters. The highest BCUT2D eigenvalue weighted by molar-refractivity contribution is 5.84. The summed E-state index contributed by atoms with van der Waals surface area (Å²) in [6.07, 6.45) is 6.60. The van der Waals surface area contributed by atoms with Gasteiger partial charge >= 0.3 is 0 Å². The Morgan fingerprint density at radius 1 is 0.900 bits per heavy atom. The number of phenols is 1. The zero-order valence-electron chi connectivity index (χ0n) is 16.4. The third-order valence-corrected chi connectivity index (χ3v) is 5.33. The topological polar surface area (TPSA) is 88.8 Å². The van der Waals surface area contributed by atoms with Gasteiger partial charge in [-0.25, -0.2) is 4.98 Å². The van der Waals surface area contributed by atoms with Crippen LogP contribution in [0.4, 0.5) is 11.5 Å². The molecule has 2 aromatic carbocycles. The molecular weight excluding hydrogens is 374 g/mol. The maximum absolute atomic E-state index is 9.73. The summed E-state index contributed by atoms with van der Waals surface area (Å²) in [6, 6.07) is 17.9. The van der Waals surface area contributed by atoms with E-state index >= 15 is 0 Å². The van der Waals surface area contributed by atoms with E-state index in [-0.39, 0.29) is 5.75 Å². The third kappa shape index (κ3) is 3.80. The number of nitrogens with zero attached hydrogens (tertiary/aromatic N) is 1. The van der Waals surface area contributed by atoms with Crippen molar-refractivity contribution in [1.29, 1.82) is 0 Å². The second-order valence-corrected chi connectivity index (χ2v) is 7.40. The number of rotatable bonds is 7. The van der Waals surface area contributed by atoms with Crippen molar-refractivity contribution < 1.29 is 5.11 Å². The van der Waals surface area contributed by atoms with E-state index in [1.807, 2.05) is 36.8 Å². The predicted molar refractivity (Wildman–Crippen MR) is 122 cm³/mol. The molecule has 3 heterocycles. The summed E-state index contributed by atoms with van der Waals surface area (Å²) in [5.74, 6) is 1.12. The lowest BCUT2D eigenvalue weighted by atomic mass is 10.1. The van der Waals surface area contributed by atoms with Gasteiger partial charge in [-0.2, -0.15) is 0 Å². The van der Waals surface area contributed by atoms with Gasteiger partial charge in [-0.1, -0.05) is 6.07 Å². The van der Waals surface area contributed by atoms with Crippen molar-refractivity contribution in [2.45, 2.75) is 13.0 Å². The van der Waals surface area contributed by atoms with Gasteiger partial charge in [0.05, 0.1) is 0 Å². The van der Waals surface area contributed by atoms with Crippen LogP contribution in [0.3, 0.4) is 0 Å². The van der Waals surface area contributed by atoms with Gasteiger partial charge in [0.2, 0.25) is 0 Å². The fourth-order valence-electron chi connectivity index (χ4n) is 3.75. The molecule has 0 spiro atoms. The quantitative estimate of drug-likeness (QED) is 0.267. The summed E-state index contributed by atoms with van der Waals surface area (Å²) in [5.41, 5.74) is 5.61. The fourth-order valence-corrected chi connectivity index (χ4v) is 3.75. The largest absolute Gasteiger partial charge is 0.508 e. The summed E-state index contributed by atoms with van der Waals surface area (Å²) >= 11 is 0. The number of H-pyrrole nitrogens is 2. The predicted octanol–water partition coefficient (Wildman–Crippen LogP) is 5.02. The van der Waals surface area contributed by atoms with Crippen LogP contribution in [0.1, 0.15) is 11.1 Å². The number of pyridine rings is 1. The highest BCUT2D eigenvalue weighted by atomic mass is 16.3. The standard InChI is InChI=1S/C24H23N5O/c30-20-2-4-23-21(13-20)18(15-29-23)6-9-26-24-12-19(7-10-27-24)28-14-16-1-3-22-17(11-16)5-8-25-22/h1-5,7-8,10-13,15,25,29-30H,6,9,14H2,(H2,26,27,28). The molecule has 0 aliphatic heterocycles. The number of aromatic amines is 2. The van der Waals surface area contributed by atoms with Crippen molar-refractivity contribution in [3.63, 3.8) is 0 Å². The Morgan fingerprint density at radius 2 is 1.83 bits per heavy atom. The van der Waals surface area contributed by atoms with Crippen LogP contribution < -0.4 is 10.6 Å². The van der Waals surface area contributed by atoms with Gasteiger partial charge < -0.3 is 25.7 Å². The number of fused-ring (bicyclic) bond motifs is 2. The lowest BCUT2D eigenvalue weighted by molar-refractivity contribution is 0.476. The van der Waals surface area contributed by atoms with Crippen LogP contribution in [-0.4, -0.2) is 26.6 Å². The molecule has 3 aromatic heterocycles. The van der Waals surface area contributed by atoms with Gasteiger partial charge in [-0.15, -0.1) is 0 Å². The van der Waals surface area contributed by atoms with Crippen LogP contribution >= 0.6 is 0 Å². The molecule has 5 rings (SSSR count). The fraction of sp³-hybridized carbons (Fsp3) is 0.125. The summed E-state index contributed by atoms with van der Waals surface area (Å²) in [6.45, 7) is 1.51. The second kappa shape index (κ2) is 7.83. The van der Waals surface area contributed by atoms with E-state index in [1.54, 1.807) is 12.1 Å². The molecular formula is C24H23N5O. The van der Waals surface area contributed by atoms with Gasteiger partial charge in [-0.3, -0.25) is 0 Å². The molecule has 0 fully saturated rings. The molecule has 6 heteroatoms. The lowest BCUT2D eigenvalue weighted by Crippen LogP contribution is -2.07. The third-order valence-electron chi connectivity index (χ3n) is 5.33. The van der Waals surface area contributed by atoms with E-state index in [2.05, 4.69) is 49.9 Å². The molecule has 0 saturated heterocycles. The van der Waals surface area contributed by atoms with Crippen molar-refractivity contribution in [3.8, 4) is 5.75 Å². The van der Waals surface area contributed by atoms with Crippen molar-refractivity contribution in [2.75, 3.05) is 17.2 Å². The molecule has 0 aliphatic rings. The highest BCUT2D eigenvalue weighted by Gasteiger charge is 2.05. The Bertz CT molecular complexity index is 1300. The van der Waals surface area contributed by atoms with Gasteiger partial charge in [0, 0.05) is 59.9 Å². The van der Waals surface area contributed by atoms with E-state index in [0.29, 0.717) is 0 Å². The van der Waals surface area contributed by atoms with Crippen LogP contribution in [0.2, 0.25) is 0 Å². The Hall–Kier alpha value is -3.93. The second-order valence-electron chi connectivity index (χ2n) is 7.40. The van der Waals surface area contributed by atoms with Crippen LogP contribution in [-0.2, 0) is 13.0 Å². The maximum atomic E-state index is 9.73. The van der Waals surface area contributed by atoms with E-state index < -0.39 is 0 Å². The molecule has 0 radical (unpaired) electrons. The van der Waals surface area contributed by atoms with Crippen LogP contribution in [0, 0.1) is 0 Å². The Kier molecular flexibility index (Phi) is 4.73. The average molecular weight is 397 g/mol. The molecule has 0 saturated carbocycles. The molecule has 0 atom stereocenters. The van der Waals surface area contributed by atoms with Crippen LogP contribution in [0.5, 0.6) is 5.75 Å². The zero-order chi connectivity index (χ0) is 20.3. The number of anilines is 2. The number of benzene rings is 2. The highest BCUT2D eigenvalue weighted by Crippen LogP contribution is 2.23.